The molecule has 0 saturated heterocycles. The van der Waals surface area contributed by atoms with E-state index in [0.717, 1.165) is 34.6 Å². The average Bonchev–Trinajstić information content (AvgIpc) is 3.10. The fraction of sp³-hybridized carbons (Fsp3) is 0.435. The number of amides is 1. The van der Waals surface area contributed by atoms with Crippen molar-refractivity contribution in [1.82, 2.24) is 5.32 Å². The maximum absolute atomic E-state index is 12.6. The van der Waals surface area contributed by atoms with E-state index in [-0.39, 0.29) is 18.4 Å². The van der Waals surface area contributed by atoms with Crippen molar-refractivity contribution in [3.63, 3.8) is 0 Å². The summed E-state index contributed by atoms with van der Waals surface area (Å²) in [5.41, 5.74) is 2.79. The van der Waals surface area contributed by atoms with Gasteiger partial charge in [0.2, 0.25) is 11.7 Å². The third kappa shape index (κ3) is 4.72. The molecule has 1 aliphatic heterocycles. The van der Waals surface area contributed by atoms with Crippen LogP contribution in [0.1, 0.15) is 30.5 Å². The van der Waals surface area contributed by atoms with Crippen LogP contribution < -0.4 is 29.0 Å². The summed E-state index contributed by atoms with van der Waals surface area (Å²) in [5, 5.41) is 2.96. The lowest BCUT2D eigenvalue weighted by molar-refractivity contribution is -0.120. The van der Waals surface area contributed by atoms with E-state index in [9.17, 15) is 4.79 Å². The molecule has 0 saturated carbocycles. The van der Waals surface area contributed by atoms with Gasteiger partial charge in [0.15, 0.2) is 11.5 Å². The van der Waals surface area contributed by atoms with Crippen LogP contribution in [-0.2, 0) is 24.2 Å². The minimum atomic E-state index is -0.124. The van der Waals surface area contributed by atoms with Gasteiger partial charge in [-0.05, 0) is 43.7 Å². The van der Waals surface area contributed by atoms with E-state index < -0.39 is 0 Å². The van der Waals surface area contributed by atoms with Crippen LogP contribution in [0.2, 0.25) is 0 Å². The van der Waals surface area contributed by atoms with Crippen molar-refractivity contribution >= 4 is 5.91 Å². The lowest BCUT2D eigenvalue weighted by Gasteiger charge is -2.15. The Morgan fingerprint density at radius 1 is 1.07 bits per heavy atom. The summed E-state index contributed by atoms with van der Waals surface area (Å²) in [6, 6.07) is 7.53. The van der Waals surface area contributed by atoms with Crippen molar-refractivity contribution in [2.45, 2.75) is 39.3 Å². The van der Waals surface area contributed by atoms with Crippen molar-refractivity contribution in [2.75, 3.05) is 27.9 Å². The van der Waals surface area contributed by atoms with Gasteiger partial charge in [-0.1, -0.05) is 0 Å². The second-order valence-electron chi connectivity index (χ2n) is 7.12. The zero-order valence-corrected chi connectivity index (χ0v) is 18.2. The molecule has 0 aliphatic carbocycles. The molecule has 0 radical (unpaired) electrons. The third-order valence-corrected chi connectivity index (χ3v) is 4.94. The first-order valence-corrected chi connectivity index (χ1v) is 9.99. The molecule has 7 nitrogen and oxygen atoms in total. The zero-order chi connectivity index (χ0) is 21.7. The number of hydrogen-bond donors (Lipinski definition) is 1. The lowest BCUT2D eigenvalue weighted by Crippen LogP contribution is -2.25. The number of carbonyl (C=O) groups excluding carboxylic acids is 1. The average molecular weight is 415 g/mol. The lowest BCUT2D eigenvalue weighted by atomic mass is 10.1. The molecule has 162 valence electrons. The van der Waals surface area contributed by atoms with E-state index in [1.165, 1.54) is 0 Å². The van der Waals surface area contributed by atoms with Crippen molar-refractivity contribution in [2.24, 2.45) is 0 Å². The molecule has 2 aromatic carbocycles. The van der Waals surface area contributed by atoms with Gasteiger partial charge in [-0.3, -0.25) is 4.79 Å². The van der Waals surface area contributed by atoms with Crippen LogP contribution in [0.15, 0.2) is 24.3 Å². The molecule has 30 heavy (non-hydrogen) atoms. The Morgan fingerprint density at radius 3 is 2.37 bits per heavy atom. The highest BCUT2D eigenvalue weighted by atomic mass is 16.5. The van der Waals surface area contributed by atoms with E-state index in [1.807, 2.05) is 26.0 Å². The van der Waals surface area contributed by atoms with Crippen molar-refractivity contribution < 1.29 is 28.5 Å². The number of carbonyl (C=O) groups is 1. The third-order valence-electron chi connectivity index (χ3n) is 4.94. The van der Waals surface area contributed by atoms with E-state index in [4.69, 9.17) is 23.7 Å². The number of hydrogen-bond acceptors (Lipinski definition) is 6. The second-order valence-corrected chi connectivity index (χ2v) is 7.12. The SMILES string of the molecule is CCOc1cc2c(cc1CNC(=O)Cc1cc(OC)c(OC)c(OC)c1)OC(C)C2. The number of ether oxygens (including phenoxy) is 5. The van der Waals surface area contributed by atoms with Crippen LogP contribution >= 0.6 is 0 Å². The predicted octanol–water partition coefficient (Wildman–Crippen LogP) is 3.29. The molecular weight excluding hydrogens is 386 g/mol. The maximum Gasteiger partial charge on any atom is 0.224 e. The molecule has 3 rings (SSSR count). The van der Waals surface area contributed by atoms with Crippen LogP contribution in [0.3, 0.4) is 0 Å². The largest absolute Gasteiger partial charge is 0.494 e. The smallest absolute Gasteiger partial charge is 0.224 e. The maximum atomic E-state index is 12.6. The molecule has 1 heterocycles. The zero-order valence-electron chi connectivity index (χ0n) is 18.2. The van der Waals surface area contributed by atoms with Gasteiger partial charge in [0.05, 0.1) is 34.4 Å². The molecule has 1 N–H and O–H groups in total. The molecule has 0 fully saturated rings. The molecular formula is C23H29NO6. The number of benzene rings is 2. The first-order valence-electron chi connectivity index (χ1n) is 9.99. The summed E-state index contributed by atoms with van der Waals surface area (Å²) in [7, 11) is 4.64. The Kier molecular flexibility index (Phi) is 6.92. The molecule has 1 unspecified atom stereocenters. The number of fused-ring (bicyclic) bond motifs is 1. The van der Waals surface area contributed by atoms with Gasteiger partial charge < -0.3 is 29.0 Å². The van der Waals surface area contributed by atoms with E-state index in [2.05, 4.69) is 5.32 Å². The number of nitrogens with one attached hydrogen (secondary N) is 1. The van der Waals surface area contributed by atoms with E-state index in [0.29, 0.717) is 30.4 Å². The number of rotatable bonds is 9. The van der Waals surface area contributed by atoms with Crippen molar-refractivity contribution in [3.8, 4) is 28.7 Å². The highest BCUT2D eigenvalue weighted by Gasteiger charge is 2.22. The van der Waals surface area contributed by atoms with Crippen LogP contribution in [0.4, 0.5) is 0 Å². The Balaban J connectivity index is 1.71. The predicted molar refractivity (Wildman–Crippen MR) is 113 cm³/mol. The first-order chi connectivity index (χ1) is 14.5. The standard InChI is InChI=1S/C23H29NO6/c1-6-29-18-11-16-7-14(2)30-19(16)12-17(18)13-24-22(25)10-15-8-20(26-3)23(28-5)21(9-15)27-4/h8-9,11-12,14H,6-7,10,13H2,1-5H3,(H,24,25). The molecule has 2 aromatic rings. The molecule has 1 aliphatic rings. The minimum Gasteiger partial charge on any atom is -0.494 e. The minimum absolute atomic E-state index is 0.124. The van der Waals surface area contributed by atoms with Gasteiger partial charge in [-0.2, -0.15) is 0 Å². The van der Waals surface area contributed by atoms with Gasteiger partial charge in [0.1, 0.15) is 17.6 Å². The summed E-state index contributed by atoms with van der Waals surface area (Å²) in [4.78, 5) is 12.6. The van der Waals surface area contributed by atoms with Gasteiger partial charge in [0, 0.05) is 24.1 Å². The molecule has 0 bridgehead atoms. The fourth-order valence-electron chi connectivity index (χ4n) is 3.59. The Hall–Kier alpha value is -3.09. The van der Waals surface area contributed by atoms with Gasteiger partial charge >= 0.3 is 0 Å². The van der Waals surface area contributed by atoms with Gasteiger partial charge in [-0.25, -0.2) is 0 Å². The fourth-order valence-corrected chi connectivity index (χ4v) is 3.59. The van der Waals surface area contributed by atoms with Gasteiger partial charge in [-0.15, -0.1) is 0 Å². The van der Waals surface area contributed by atoms with Crippen LogP contribution in [0.5, 0.6) is 28.7 Å². The topological polar surface area (TPSA) is 75.3 Å². The Bertz CT molecular complexity index is 886. The summed E-state index contributed by atoms with van der Waals surface area (Å²) < 4.78 is 27.7. The molecule has 0 spiro atoms. The molecule has 1 amide bonds. The van der Waals surface area contributed by atoms with Crippen LogP contribution in [-0.4, -0.2) is 39.9 Å². The van der Waals surface area contributed by atoms with Crippen molar-refractivity contribution in [1.29, 1.82) is 0 Å². The summed E-state index contributed by atoms with van der Waals surface area (Å²) in [6.45, 7) is 4.89. The van der Waals surface area contributed by atoms with Crippen molar-refractivity contribution in [3.05, 3.63) is 41.0 Å². The quantitative estimate of drug-likeness (QED) is 0.677. The van der Waals surface area contributed by atoms with E-state index in [1.54, 1.807) is 33.5 Å². The Morgan fingerprint density at radius 2 is 1.77 bits per heavy atom. The molecule has 7 heteroatoms. The summed E-state index contributed by atoms with van der Waals surface area (Å²) >= 11 is 0. The number of methoxy groups -OCH3 is 3. The van der Waals surface area contributed by atoms with Gasteiger partial charge in [0.25, 0.3) is 0 Å². The summed E-state index contributed by atoms with van der Waals surface area (Å²) in [6.07, 6.45) is 1.20. The van der Waals surface area contributed by atoms with E-state index >= 15 is 0 Å². The first kappa shape index (κ1) is 21.6. The second kappa shape index (κ2) is 9.61. The van der Waals surface area contributed by atoms with Crippen LogP contribution in [0.25, 0.3) is 0 Å². The monoisotopic (exact) mass is 415 g/mol. The Labute approximate surface area is 177 Å². The molecule has 1 atom stereocenters. The van der Waals surface area contributed by atoms with Crippen LogP contribution in [0, 0.1) is 0 Å². The highest BCUT2D eigenvalue weighted by Crippen LogP contribution is 2.38. The normalized spacial score (nSPS) is 14.5. The molecule has 0 aromatic heterocycles. The highest BCUT2D eigenvalue weighted by molar-refractivity contribution is 5.79. The summed E-state index contributed by atoms with van der Waals surface area (Å²) in [5.74, 6) is 3.05.